The number of H-pyrrole nitrogens is 1. The highest BCUT2D eigenvalue weighted by Crippen LogP contribution is 2.37. The number of carbonyl (C=O) groups is 1. The zero-order chi connectivity index (χ0) is 16.0. The fourth-order valence-electron chi connectivity index (χ4n) is 3.25. The summed E-state index contributed by atoms with van der Waals surface area (Å²) in [5.41, 5.74) is 1.12. The van der Waals surface area contributed by atoms with Crippen LogP contribution in [-0.4, -0.2) is 45.3 Å². The second kappa shape index (κ2) is 5.54. The Kier molecular flexibility index (Phi) is 3.50. The quantitative estimate of drug-likeness (QED) is 0.823. The lowest BCUT2D eigenvalue weighted by molar-refractivity contribution is 0.167. The number of amides is 2. The molecule has 1 aromatic rings. The van der Waals surface area contributed by atoms with Crippen molar-refractivity contribution in [1.29, 1.82) is 0 Å². The molecule has 7 heteroatoms. The van der Waals surface area contributed by atoms with Crippen LogP contribution in [0.25, 0.3) is 0 Å². The third-order valence-electron chi connectivity index (χ3n) is 5.15. The smallest absolute Gasteiger partial charge is 0.337 e. The molecule has 2 heterocycles. The third-order valence-corrected chi connectivity index (χ3v) is 5.15. The molecule has 7 nitrogen and oxygen atoms in total. The number of hydrogen-bond donors (Lipinski definition) is 2. The van der Waals surface area contributed by atoms with Gasteiger partial charge in [-0.1, -0.05) is 12.2 Å². The molecule has 2 saturated carbocycles. The summed E-state index contributed by atoms with van der Waals surface area (Å²) in [6, 6.07) is 0.0923. The van der Waals surface area contributed by atoms with Crippen molar-refractivity contribution in [2.45, 2.75) is 44.1 Å². The Balaban J connectivity index is 1.30. The second-order valence-corrected chi connectivity index (χ2v) is 7.00. The van der Waals surface area contributed by atoms with Gasteiger partial charge in [-0.25, -0.2) is 14.3 Å². The number of nitrogens with zero attached hydrogens (tertiary/aromatic N) is 3. The molecule has 2 amide bonds. The first kappa shape index (κ1) is 14.5. The van der Waals surface area contributed by atoms with Gasteiger partial charge in [0.2, 0.25) is 0 Å². The van der Waals surface area contributed by atoms with E-state index >= 15 is 0 Å². The summed E-state index contributed by atoms with van der Waals surface area (Å²) in [6.07, 6.45) is 4.84. The van der Waals surface area contributed by atoms with Crippen molar-refractivity contribution in [3.8, 4) is 0 Å². The van der Waals surface area contributed by atoms with Crippen LogP contribution in [0.4, 0.5) is 4.79 Å². The van der Waals surface area contributed by atoms with Gasteiger partial charge in [-0.3, -0.25) is 4.98 Å². The van der Waals surface area contributed by atoms with E-state index in [4.69, 9.17) is 0 Å². The highest BCUT2D eigenvalue weighted by Gasteiger charge is 2.31. The van der Waals surface area contributed by atoms with E-state index in [0.29, 0.717) is 31.5 Å². The van der Waals surface area contributed by atoms with E-state index in [0.717, 1.165) is 37.9 Å². The van der Waals surface area contributed by atoms with Crippen molar-refractivity contribution in [3.05, 3.63) is 28.5 Å². The zero-order valence-corrected chi connectivity index (χ0v) is 13.3. The fourth-order valence-corrected chi connectivity index (χ4v) is 3.25. The molecule has 3 fully saturated rings. The van der Waals surface area contributed by atoms with E-state index in [1.165, 1.54) is 5.57 Å². The third kappa shape index (κ3) is 3.04. The molecule has 3 aliphatic rings. The van der Waals surface area contributed by atoms with Crippen molar-refractivity contribution in [1.82, 2.24) is 25.0 Å². The molecule has 124 valence electrons. The van der Waals surface area contributed by atoms with E-state index in [9.17, 15) is 9.59 Å². The highest BCUT2D eigenvalue weighted by molar-refractivity contribution is 5.74. The minimum Gasteiger partial charge on any atom is -0.337 e. The Morgan fingerprint density at radius 3 is 2.61 bits per heavy atom. The Bertz CT molecular complexity index is 679. The number of aromatic amines is 1. The summed E-state index contributed by atoms with van der Waals surface area (Å²) in [5, 5.41) is 7.44. The Hall–Kier alpha value is -2.05. The molecule has 0 spiro atoms. The summed E-state index contributed by atoms with van der Waals surface area (Å²) in [5.74, 6) is 1.76. The summed E-state index contributed by atoms with van der Waals surface area (Å²) in [7, 11) is 0. The summed E-state index contributed by atoms with van der Waals surface area (Å²) in [6.45, 7) is 5.93. The SMILES string of the molecule is C=C1CC1CNC(=O)N1CCC(n2nc(C3CC3)[nH]c2=O)CC1. The molecule has 0 aromatic carbocycles. The van der Waals surface area contributed by atoms with E-state index in [-0.39, 0.29) is 17.8 Å². The predicted molar refractivity (Wildman–Crippen MR) is 85.3 cm³/mol. The molecule has 0 bridgehead atoms. The molecule has 2 aliphatic carbocycles. The number of hydrogen-bond acceptors (Lipinski definition) is 3. The zero-order valence-electron chi connectivity index (χ0n) is 13.3. The van der Waals surface area contributed by atoms with E-state index in [2.05, 4.69) is 22.0 Å². The molecular weight excluding hydrogens is 294 g/mol. The van der Waals surface area contributed by atoms with E-state index in [1.807, 2.05) is 4.90 Å². The van der Waals surface area contributed by atoms with Crippen LogP contribution in [0.15, 0.2) is 16.9 Å². The number of nitrogens with one attached hydrogen (secondary N) is 2. The van der Waals surface area contributed by atoms with Crippen LogP contribution < -0.4 is 11.0 Å². The fraction of sp³-hybridized carbons (Fsp3) is 0.688. The van der Waals surface area contributed by atoms with Crippen LogP contribution in [0, 0.1) is 5.92 Å². The van der Waals surface area contributed by atoms with Gasteiger partial charge in [-0.15, -0.1) is 0 Å². The first-order valence-corrected chi connectivity index (χ1v) is 8.51. The van der Waals surface area contributed by atoms with Crippen molar-refractivity contribution >= 4 is 6.03 Å². The lowest BCUT2D eigenvalue weighted by Crippen LogP contribution is -2.46. The molecule has 1 aromatic heterocycles. The lowest BCUT2D eigenvalue weighted by atomic mass is 10.1. The van der Waals surface area contributed by atoms with Crippen LogP contribution in [0.2, 0.25) is 0 Å². The Labute approximate surface area is 134 Å². The first-order chi connectivity index (χ1) is 11.1. The molecule has 23 heavy (non-hydrogen) atoms. The minimum absolute atomic E-state index is 0.00352. The van der Waals surface area contributed by atoms with Crippen LogP contribution >= 0.6 is 0 Å². The van der Waals surface area contributed by atoms with E-state index < -0.39 is 0 Å². The van der Waals surface area contributed by atoms with Crippen molar-refractivity contribution in [2.75, 3.05) is 19.6 Å². The van der Waals surface area contributed by atoms with Crippen molar-refractivity contribution in [3.63, 3.8) is 0 Å². The van der Waals surface area contributed by atoms with Gasteiger partial charge in [0.15, 0.2) is 0 Å². The second-order valence-electron chi connectivity index (χ2n) is 7.00. The Morgan fingerprint density at radius 2 is 2.00 bits per heavy atom. The molecule has 4 rings (SSSR count). The Morgan fingerprint density at radius 1 is 1.30 bits per heavy atom. The number of urea groups is 1. The topological polar surface area (TPSA) is 83.0 Å². The van der Waals surface area contributed by atoms with Gasteiger partial charge in [0.25, 0.3) is 0 Å². The highest BCUT2D eigenvalue weighted by atomic mass is 16.2. The largest absolute Gasteiger partial charge is 0.343 e. The molecule has 0 radical (unpaired) electrons. The normalized spacial score (nSPS) is 24.8. The maximum Gasteiger partial charge on any atom is 0.343 e. The first-order valence-electron chi connectivity index (χ1n) is 8.51. The molecule has 2 N–H and O–H groups in total. The predicted octanol–water partition coefficient (Wildman–Crippen LogP) is 1.37. The molecular formula is C16H23N5O2. The molecule has 1 saturated heterocycles. The maximum absolute atomic E-state index is 12.1. The minimum atomic E-state index is -0.109. The number of rotatable bonds is 4. The average molecular weight is 317 g/mol. The van der Waals surface area contributed by atoms with Crippen LogP contribution in [0.1, 0.15) is 49.9 Å². The number of likely N-dealkylation sites (tertiary alicyclic amines) is 1. The van der Waals surface area contributed by atoms with Crippen LogP contribution in [0.3, 0.4) is 0 Å². The number of piperidine rings is 1. The van der Waals surface area contributed by atoms with Crippen molar-refractivity contribution < 1.29 is 4.79 Å². The van der Waals surface area contributed by atoms with Gasteiger partial charge >= 0.3 is 11.7 Å². The maximum atomic E-state index is 12.1. The number of carbonyl (C=O) groups excluding carboxylic acids is 1. The van der Waals surface area contributed by atoms with Crippen molar-refractivity contribution in [2.24, 2.45) is 5.92 Å². The molecule has 1 aliphatic heterocycles. The van der Waals surface area contributed by atoms with Crippen LogP contribution in [-0.2, 0) is 0 Å². The van der Waals surface area contributed by atoms with Crippen LogP contribution in [0.5, 0.6) is 0 Å². The van der Waals surface area contributed by atoms with Gasteiger partial charge in [0.05, 0.1) is 6.04 Å². The van der Waals surface area contributed by atoms with Gasteiger partial charge in [-0.05, 0) is 32.1 Å². The van der Waals surface area contributed by atoms with E-state index in [1.54, 1.807) is 4.68 Å². The average Bonchev–Trinajstić information content (AvgIpc) is 3.47. The summed E-state index contributed by atoms with van der Waals surface area (Å²) < 4.78 is 1.59. The number of aromatic nitrogens is 3. The lowest BCUT2D eigenvalue weighted by Gasteiger charge is -2.31. The summed E-state index contributed by atoms with van der Waals surface area (Å²) >= 11 is 0. The summed E-state index contributed by atoms with van der Waals surface area (Å²) in [4.78, 5) is 28.9. The molecule has 1 atom stereocenters. The monoisotopic (exact) mass is 317 g/mol. The van der Waals surface area contributed by atoms with Gasteiger partial charge in [-0.2, -0.15) is 5.10 Å². The standard InChI is InChI=1S/C16H23N5O2/c1-10-8-12(10)9-17-15(22)20-6-4-13(5-7-20)21-16(23)18-14(19-21)11-2-3-11/h11-13H,1-9H2,(H,17,22)(H,18,19,23). The van der Waals surface area contributed by atoms with Gasteiger partial charge in [0.1, 0.15) is 5.82 Å². The molecule has 1 unspecified atom stereocenters. The van der Waals surface area contributed by atoms with Gasteiger partial charge < -0.3 is 10.2 Å². The van der Waals surface area contributed by atoms with Gasteiger partial charge in [0, 0.05) is 31.5 Å².